The number of carbonyl (C=O) groups excluding carboxylic acids is 2. The van der Waals surface area contributed by atoms with Crippen molar-refractivity contribution in [3.63, 3.8) is 0 Å². The van der Waals surface area contributed by atoms with Crippen molar-refractivity contribution in [1.82, 2.24) is 4.90 Å². The van der Waals surface area contributed by atoms with Gasteiger partial charge in [0.1, 0.15) is 5.75 Å². The number of rotatable bonds is 2. The van der Waals surface area contributed by atoms with Gasteiger partial charge in [-0.15, -0.1) is 0 Å². The molecule has 90 valence electrons. The molecule has 1 aromatic rings. The summed E-state index contributed by atoms with van der Waals surface area (Å²) in [6.07, 6.45) is 0. The highest BCUT2D eigenvalue weighted by molar-refractivity contribution is 6.08. The lowest BCUT2D eigenvalue weighted by Crippen LogP contribution is -2.31. The molecule has 1 aliphatic rings. The molecule has 0 aromatic heterocycles. The van der Waals surface area contributed by atoms with Crippen LogP contribution in [0.4, 0.5) is 5.69 Å². The molecule has 1 N–H and O–H groups in total. The van der Waals surface area contributed by atoms with E-state index in [0.717, 1.165) is 0 Å². The third-order valence-corrected chi connectivity index (χ3v) is 2.53. The van der Waals surface area contributed by atoms with Crippen molar-refractivity contribution in [2.75, 3.05) is 25.5 Å². The fraction of sp³-hybridized carbons (Fsp3) is 0.333. The average molecular weight is 234 g/mol. The lowest BCUT2D eigenvalue weighted by atomic mass is 10.1. The van der Waals surface area contributed by atoms with Gasteiger partial charge in [-0.1, -0.05) is 0 Å². The molecule has 1 heterocycles. The van der Waals surface area contributed by atoms with Gasteiger partial charge in [0.05, 0.1) is 24.4 Å². The Balaban J connectivity index is 2.44. The molecule has 0 unspecified atom stereocenters. The lowest BCUT2D eigenvalue weighted by Gasteiger charge is -2.13. The Labute approximate surface area is 99.4 Å². The SMILES string of the molecule is CCOc1ccc2c(c1)C(=O)N(C)CC(=O)N2. The molecule has 0 radical (unpaired) electrons. The first-order valence-electron chi connectivity index (χ1n) is 5.44. The Hall–Kier alpha value is -2.04. The summed E-state index contributed by atoms with van der Waals surface area (Å²) in [6.45, 7) is 2.48. The Morgan fingerprint density at radius 3 is 2.88 bits per heavy atom. The number of nitrogens with zero attached hydrogens (tertiary/aromatic N) is 1. The third kappa shape index (κ3) is 2.22. The van der Waals surface area contributed by atoms with Gasteiger partial charge in [0.15, 0.2) is 0 Å². The van der Waals surface area contributed by atoms with Crippen LogP contribution in [0.1, 0.15) is 17.3 Å². The van der Waals surface area contributed by atoms with Gasteiger partial charge in [0.2, 0.25) is 5.91 Å². The summed E-state index contributed by atoms with van der Waals surface area (Å²) in [5.74, 6) is 0.257. The molecule has 0 spiro atoms. The van der Waals surface area contributed by atoms with Gasteiger partial charge in [0.25, 0.3) is 5.91 Å². The highest BCUT2D eigenvalue weighted by Crippen LogP contribution is 2.25. The summed E-state index contributed by atoms with van der Waals surface area (Å²) in [6, 6.07) is 5.08. The highest BCUT2D eigenvalue weighted by Gasteiger charge is 2.23. The zero-order valence-electron chi connectivity index (χ0n) is 9.82. The van der Waals surface area contributed by atoms with Gasteiger partial charge in [0, 0.05) is 7.05 Å². The predicted molar refractivity (Wildman–Crippen MR) is 63.2 cm³/mol. The Morgan fingerprint density at radius 2 is 2.18 bits per heavy atom. The van der Waals surface area contributed by atoms with Gasteiger partial charge in [-0.3, -0.25) is 9.59 Å². The molecule has 0 atom stereocenters. The van der Waals surface area contributed by atoms with Crippen LogP contribution in [0.3, 0.4) is 0 Å². The molecule has 0 saturated carbocycles. The highest BCUT2D eigenvalue weighted by atomic mass is 16.5. The smallest absolute Gasteiger partial charge is 0.256 e. The maximum atomic E-state index is 12.0. The first-order valence-corrected chi connectivity index (χ1v) is 5.44. The zero-order chi connectivity index (χ0) is 12.4. The third-order valence-electron chi connectivity index (χ3n) is 2.53. The van der Waals surface area contributed by atoms with E-state index in [1.54, 1.807) is 25.2 Å². The second-order valence-electron chi connectivity index (χ2n) is 3.85. The maximum absolute atomic E-state index is 12.0. The van der Waals surface area contributed by atoms with Gasteiger partial charge < -0.3 is 15.0 Å². The van der Waals surface area contributed by atoms with E-state index in [9.17, 15) is 9.59 Å². The number of carbonyl (C=O) groups is 2. The summed E-state index contributed by atoms with van der Waals surface area (Å²) in [7, 11) is 1.60. The van der Waals surface area contributed by atoms with E-state index in [1.165, 1.54) is 4.90 Å². The quantitative estimate of drug-likeness (QED) is 0.833. The number of nitrogens with one attached hydrogen (secondary N) is 1. The van der Waals surface area contributed by atoms with E-state index in [-0.39, 0.29) is 18.4 Å². The summed E-state index contributed by atoms with van der Waals surface area (Å²) >= 11 is 0. The van der Waals surface area contributed by atoms with Crippen LogP contribution < -0.4 is 10.1 Å². The van der Waals surface area contributed by atoms with Crippen LogP contribution in [0, 0.1) is 0 Å². The van der Waals surface area contributed by atoms with E-state index >= 15 is 0 Å². The van der Waals surface area contributed by atoms with Crippen LogP contribution in [0.25, 0.3) is 0 Å². The summed E-state index contributed by atoms with van der Waals surface area (Å²) in [5.41, 5.74) is 0.997. The van der Waals surface area contributed by atoms with Crippen molar-refractivity contribution in [3.05, 3.63) is 23.8 Å². The molecule has 0 bridgehead atoms. The number of likely N-dealkylation sites (N-methyl/N-ethyl adjacent to an activating group) is 1. The second kappa shape index (κ2) is 4.45. The van der Waals surface area contributed by atoms with Gasteiger partial charge >= 0.3 is 0 Å². The van der Waals surface area contributed by atoms with Crippen molar-refractivity contribution in [1.29, 1.82) is 0 Å². The maximum Gasteiger partial charge on any atom is 0.256 e. The fourth-order valence-corrected chi connectivity index (χ4v) is 1.75. The first kappa shape index (κ1) is 11.4. The minimum Gasteiger partial charge on any atom is -0.494 e. The van der Waals surface area contributed by atoms with Crippen LogP contribution in [0.15, 0.2) is 18.2 Å². The fourth-order valence-electron chi connectivity index (χ4n) is 1.75. The summed E-state index contributed by atoms with van der Waals surface area (Å²) < 4.78 is 5.34. The molecule has 1 aromatic carbocycles. The number of fused-ring (bicyclic) bond motifs is 1. The number of amides is 2. The number of hydrogen-bond donors (Lipinski definition) is 1. The Morgan fingerprint density at radius 1 is 1.41 bits per heavy atom. The van der Waals surface area contributed by atoms with Crippen molar-refractivity contribution in [2.45, 2.75) is 6.92 Å². The number of hydrogen-bond acceptors (Lipinski definition) is 3. The average Bonchev–Trinajstić information content (AvgIpc) is 2.39. The number of ether oxygens (including phenoxy) is 1. The Bertz CT molecular complexity index is 471. The largest absolute Gasteiger partial charge is 0.494 e. The normalized spacial score (nSPS) is 15.1. The van der Waals surface area contributed by atoms with Gasteiger partial charge in [-0.2, -0.15) is 0 Å². The standard InChI is InChI=1S/C12H14N2O3/c1-3-17-8-4-5-10-9(6-8)12(16)14(2)7-11(15)13-10/h4-6H,3,7H2,1-2H3,(H,13,15). The molecule has 2 amide bonds. The first-order chi connectivity index (χ1) is 8.11. The van der Waals surface area contributed by atoms with E-state index in [4.69, 9.17) is 4.74 Å². The van der Waals surface area contributed by atoms with Gasteiger partial charge in [-0.25, -0.2) is 0 Å². The molecule has 5 nitrogen and oxygen atoms in total. The van der Waals surface area contributed by atoms with Crippen molar-refractivity contribution >= 4 is 17.5 Å². The molecule has 0 saturated heterocycles. The van der Waals surface area contributed by atoms with Crippen LogP contribution in [0.2, 0.25) is 0 Å². The molecular weight excluding hydrogens is 220 g/mol. The van der Waals surface area contributed by atoms with E-state index in [2.05, 4.69) is 5.32 Å². The summed E-state index contributed by atoms with van der Waals surface area (Å²) in [4.78, 5) is 24.9. The van der Waals surface area contributed by atoms with Crippen LogP contribution in [-0.4, -0.2) is 36.9 Å². The second-order valence-corrected chi connectivity index (χ2v) is 3.85. The van der Waals surface area contributed by atoms with Crippen molar-refractivity contribution < 1.29 is 14.3 Å². The van der Waals surface area contributed by atoms with Crippen molar-refractivity contribution in [2.24, 2.45) is 0 Å². The molecule has 1 aliphatic heterocycles. The zero-order valence-corrected chi connectivity index (χ0v) is 9.82. The minimum atomic E-state index is -0.191. The molecule has 17 heavy (non-hydrogen) atoms. The van der Waals surface area contributed by atoms with Crippen molar-refractivity contribution in [3.8, 4) is 5.75 Å². The van der Waals surface area contributed by atoms with E-state index in [0.29, 0.717) is 23.6 Å². The molecular formula is C12H14N2O3. The number of benzene rings is 1. The van der Waals surface area contributed by atoms with Crippen LogP contribution in [0.5, 0.6) is 5.75 Å². The molecule has 5 heteroatoms. The van der Waals surface area contributed by atoms with Gasteiger partial charge in [-0.05, 0) is 25.1 Å². The van der Waals surface area contributed by atoms with E-state index < -0.39 is 0 Å². The molecule has 2 rings (SSSR count). The van der Waals surface area contributed by atoms with E-state index in [1.807, 2.05) is 6.92 Å². The molecule has 0 aliphatic carbocycles. The topological polar surface area (TPSA) is 58.6 Å². The van der Waals surface area contributed by atoms with Crippen LogP contribution in [-0.2, 0) is 4.79 Å². The number of anilines is 1. The Kier molecular flexibility index (Phi) is 2.99. The minimum absolute atomic E-state index is 0.0669. The summed E-state index contributed by atoms with van der Waals surface area (Å²) in [5, 5.41) is 2.70. The predicted octanol–water partition coefficient (Wildman–Crippen LogP) is 1.11. The van der Waals surface area contributed by atoms with Crippen LogP contribution >= 0.6 is 0 Å². The lowest BCUT2D eigenvalue weighted by molar-refractivity contribution is -0.116. The molecule has 0 fully saturated rings. The monoisotopic (exact) mass is 234 g/mol.